The van der Waals surface area contributed by atoms with Gasteiger partial charge in [-0.2, -0.15) is 5.10 Å². The standard InChI is InChI=1S/C19H18N4O3/c1-11-17(12(2)23-22-11)21-18(25)13-6-5-7-14(10-13)20-19(26)15-8-3-4-9-16(15)24/h3-10,24H,1-2H3,(H,20,26)(H,21,25)(H,22,23). The van der Waals surface area contributed by atoms with Crippen molar-refractivity contribution in [1.29, 1.82) is 0 Å². The van der Waals surface area contributed by atoms with Gasteiger partial charge < -0.3 is 15.7 Å². The summed E-state index contributed by atoms with van der Waals surface area (Å²) < 4.78 is 0. The molecule has 7 nitrogen and oxygen atoms in total. The van der Waals surface area contributed by atoms with Crippen LogP contribution in [-0.2, 0) is 0 Å². The zero-order valence-electron chi connectivity index (χ0n) is 14.3. The van der Waals surface area contributed by atoms with Crippen molar-refractivity contribution in [2.45, 2.75) is 13.8 Å². The largest absolute Gasteiger partial charge is 0.507 e. The molecule has 1 heterocycles. The summed E-state index contributed by atoms with van der Waals surface area (Å²) in [4.78, 5) is 24.8. The Kier molecular flexibility index (Phi) is 4.70. The van der Waals surface area contributed by atoms with Crippen molar-refractivity contribution in [3.05, 3.63) is 71.0 Å². The lowest BCUT2D eigenvalue weighted by Gasteiger charge is -2.09. The fourth-order valence-electron chi connectivity index (χ4n) is 2.52. The number of anilines is 2. The highest BCUT2D eigenvalue weighted by atomic mass is 16.3. The summed E-state index contributed by atoms with van der Waals surface area (Å²) in [5.41, 5.74) is 3.09. The van der Waals surface area contributed by atoms with Crippen LogP contribution in [0.5, 0.6) is 5.75 Å². The maximum atomic E-state index is 12.5. The second kappa shape index (κ2) is 7.10. The molecule has 3 rings (SSSR count). The van der Waals surface area contributed by atoms with Crippen LogP contribution in [0.3, 0.4) is 0 Å². The highest BCUT2D eigenvalue weighted by Crippen LogP contribution is 2.20. The molecule has 0 saturated carbocycles. The topological polar surface area (TPSA) is 107 Å². The van der Waals surface area contributed by atoms with E-state index in [1.54, 1.807) is 43.3 Å². The number of carbonyl (C=O) groups excluding carboxylic acids is 2. The molecule has 0 aliphatic rings. The van der Waals surface area contributed by atoms with E-state index in [9.17, 15) is 14.7 Å². The van der Waals surface area contributed by atoms with Crippen molar-refractivity contribution in [2.24, 2.45) is 0 Å². The van der Waals surface area contributed by atoms with Gasteiger partial charge in [-0.05, 0) is 44.2 Å². The van der Waals surface area contributed by atoms with Crippen LogP contribution >= 0.6 is 0 Å². The Hall–Kier alpha value is -3.61. The minimum Gasteiger partial charge on any atom is -0.507 e. The number of phenols is 1. The molecular weight excluding hydrogens is 332 g/mol. The maximum Gasteiger partial charge on any atom is 0.259 e. The van der Waals surface area contributed by atoms with E-state index in [0.717, 1.165) is 5.69 Å². The molecule has 132 valence electrons. The smallest absolute Gasteiger partial charge is 0.259 e. The van der Waals surface area contributed by atoms with Crippen molar-refractivity contribution in [3.63, 3.8) is 0 Å². The first-order valence-electron chi connectivity index (χ1n) is 7.98. The number of nitrogens with one attached hydrogen (secondary N) is 3. The molecule has 0 atom stereocenters. The molecule has 0 spiro atoms. The Labute approximate surface area is 150 Å². The number of rotatable bonds is 4. The molecule has 0 aliphatic carbocycles. The van der Waals surface area contributed by atoms with E-state index < -0.39 is 5.91 Å². The minimum absolute atomic E-state index is 0.107. The van der Waals surface area contributed by atoms with Crippen molar-refractivity contribution >= 4 is 23.2 Å². The zero-order chi connectivity index (χ0) is 18.7. The normalized spacial score (nSPS) is 10.4. The van der Waals surface area contributed by atoms with Gasteiger partial charge in [0.05, 0.1) is 22.6 Å². The fourth-order valence-corrected chi connectivity index (χ4v) is 2.52. The molecule has 1 aromatic heterocycles. The number of aryl methyl sites for hydroxylation is 2. The number of para-hydroxylation sites is 1. The summed E-state index contributed by atoms with van der Waals surface area (Å²) >= 11 is 0. The van der Waals surface area contributed by atoms with Crippen LogP contribution in [-0.4, -0.2) is 27.1 Å². The first kappa shape index (κ1) is 17.2. The summed E-state index contributed by atoms with van der Waals surface area (Å²) in [6, 6.07) is 12.8. The molecular formula is C19H18N4O3. The van der Waals surface area contributed by atoms with Crippen molar-refractivity contribution in [1.82, 2.24) is 10.2 Å². The van der Waals surface area contributed by atoms with Gasteiger partial charge in [-0.1, -0.05) is 18.2 Å². The van der Waals surface area contributed by atoms with Gasteiger partial charge in [0.1, 0.15) is 5.75 Å². The van der Waals surface area contributed by atoms with Crippen LogP contribution in [0.2, 0.25) is 0 Å². The third-order valence-corrected chi connectivity index (χ3v) is 3.90. The van der Waals surface area contributed by atoms with Crippen molar-refractivity contribution in [2.75, 3.05) is 10.6 Å². The molecule has 0 aliphatic heterocycles. The van der Waals surface area contributed by atoms with Gasteiger partial charge in [-0.15, -0.1) is 0 Å². The van der Waals surface area contributed by atoms with E-state index in [1.807, 2.05) is 6.92 Å². The second-order valence-electron chi connectivity index (χ2n) is 5.82. The molecule has 3 aromatic rings. The van der Waals surface area contributed by atoms with Crippen LogP contribution in [0.4, 0.5) is 11.4 Å². The third kappa shape index (κ3) is 3.56. The average Bonchev–Trinajstić information content (AvgIpc) is 2.94. The maximum absolute atomic E-state index is 12.5. The Morgan fingerprint density at radius 3 is 2.46 bits per heavy atom. The number of phenolic OH excluding ortho intramolecular Hbond substituents is 1. The summed E-state index contributed by atoms with van der Waals surface area (Å²) in [6.07, 6.45) is 0. The fraction of sp³-hybridized carbons (Fsp3) is 0.105. The summed E-state index contributed by atoms with van der Waals surface area (Å²) in [5, 5.41) is 22.1. The van der Waals surface area contributed by atoms with Gasteiger partial charge in [-0.25, -0.2) is 0 Å². The summed E-state index contributed by atoms with van der Waals surface area (Å²) in [6.45, 7) is 3.61. The number of aromatic amines is 1. The SMILES string of the molecule is Cc1n[nH]c(C)c1NC(=O)c1cccc(NC(=O)c2ccccc2O)c1. The number of aromatic nitrogens is 2. The van der Waals surface area contributed by atoms with Gasteiger partial charge in [0.25, 0.3) is 11.8 Å². The third-order valence-electron chi connectivity index (χ3n) is 3.90. The van der Waals surface area contributed by atoms with Gasteiger partial charge in [-0.3, -0.25) is 14.7 Å². The Bertz CT molecular complexity index is 959. The molecule has 2 aromatic carbocycles. The number of carbonyl (C=O) groups is 2. The number of hydrogen-bond donors (Lipinski definition) is 4. The number of hydrogen-bond acceptors (Lipinski definition) is 4. The van der Waals surface area contributed by atoms with E-state index >= 15 is 0 Å². The molecule has 0 bridgehead atoms. The van der Waals surface area contributed by atoms with Gasteiger partial charge >= 0.3 is 0 Å². The summed E-state index contributed by atoms with van der Waals surface area (Å²) in [5.74, 6) is -0.872. The molecule has 0 radical (unpaired) electrons. The lowest BCUT2D eigenvalue weighted by Crippen LogP contribution is -2.15. The molecule has 2 amide bonds. The molecule has 0 fully saturated rings. The average molecular weight is 350 g/mol. The Morgan fingerprint density at radius 1 is 1.00 bits per heavy atom. The zero-order valence-corrected chi connectivity index (χ0v) is 14.3. The Balaban J connectivity index is 1.77. The molecule has 4 N–H and O–H groups in total. The van der Waals surface area contributed by atoms with Crippen LogP contribution < -0.4 is 10.6 Å². The minimum atomic E-state index is -0.456. The first-order valence-corrected chi connectivity index (χ1v) is 7.98. The number of aromatic hydroxyl groups is 1. The van der Waals surface area contributed by atoms with Crippen LogP contribution in [0.1, 0.15) is 32.1 Å². The predicted molar refractivity (Wildman–Crippen MR) is 98.5 cm³/mol. The monoisotopic (exact) mass is 350 g/mol. The van der Waals surface area contributed by atoms with Gasteiger partial charge in [0.2, 0.25) is 0 Å². The van der Waals surface area contributed by atoms with Crippen molar-refractivity contribution in [3.8, 4) is 5.75 Å². The number of nitrogens with zero attached hydrogens (tertiary/aromatic N) is 1. The molecule has 7 heteroatoms. The van der Waals surface area contributed by atoms with E-state index in [0.29, 0.717) is 22.6 Å². The van der Waals surface area contributed by atoms with Gasteiger partial charge in [0, 0.05) is 11.3 Å². The van der Waals surface area contributed by atoms with Crippen LogP contribution in [0.15, 0.2) is 48.5 Å². The summed E-state index contributed by atoms with van der Waals surface area (Å²) in [7, 11) is 0. The second-order valence-corrected chi connectivity index (χ2v) is 5.82. The number of amides is 2. The molecule has 26 heavy (non-hydrogen) atoms. The van der Waals surface area contributed by atoms with Gasteiger partial charge in [0.15, 0.2) is 0 Å². The number of benzene rings is 2. The molecule has 0 saturated heterocycles. The highest BCUT2D eigenvalue weighted by Gasteiger charge is 2.14. The van der Waals surface area contributed by atoms with E-state index in [2.05, 4.69) is 20.8 Å². The lowest BCUT2D eigenvalue weighted by atomic mass is 10.1. The van der Waals surface area contributed by atoms with E-state index in [1.165, 1.54) is 12.1 Å². The van der Waals surface area contributed by atoms with Crippen molar-refractivity contribution < 1.29 is 14.7 Å². The first-order chi connectivity index (χ1) is 12.5. The Morgan fingerprint density at radius 2 is 1.77 bits per heavy atom. The molecule has 0 unspecified atom stereocenters. The quantitative estimate of drug-likeness (QED) is 0.579. The highest BCUT2D eigenvalue weighted by molar-refractivity contribution is 6.08. The lowest BCUT2D eigenvalue weighted by molar-refractivity contribution is 0.101. The van der Waals surface area contributed by atoms with E-state index in [-0.39, 0.29) is 17.2 Å². The predicted octanol–water partition coefficient (Wildman–Crippen LogP) is 3.24. The van der Waals surface area contributed by atoms with Crippen LogP contribution in [0.25, 0.3) is 0 Å². The van der Waals surface area contributed by atoms with E-state index in [4.69, 9.17) is 0 Å². The number of H-pyrrole nitrogens is 1. The van der Waals surface area contributed by atoms with Crippen LogP contribution in [0, 0.1) is 13.8 Å².